The van der Waals surface area contributed by atoms with Crippen LogP contribution >= 0.6 is 0 Å². The summed E-state index contributed by atoms with van der Waals surface area (Å²) in [6, 6.07) is 8.51. The van der Waals surface area contributed by atoms with Crippen molar-refractivity contribution in [3.63, 3.8) is 0 Å². The number of nitrogens with two attached hydrogens (primary N) is 1. The fraction of sp³-hybridized carbons (Fsp3) is 0.143. The molecule has 0 aliphatic carbocycles. The minimum absolute atomic E-state index is 0.253. The highest BCUT2D eigenvalue weighted by atomic mass is 16.5. The van der Waals surface area contributed by atoms with Gasteiger partial charge in [-0.25, -0.2) is 0 Å². The molecule has 5 nitrogen and oxygen atoms in total. The van der Waals surface area contributed by atoms with Crippen molar-refractivity contribution < 1.29 is 9.53 Å². The van der Waals surface area contributed by atoms with Gasteiger partial charge in [0.1, 0.15) is 5.75 Å². The lowest BCUT2D eigenvalue weighted by atomic mass is 10.1. The lowest BCUT2D eigenvalue weighted by Crippen LogP contribution is -2.12. The predicted octanol–water partition coefficient (Wildman–Crippen LogP) is 2.23. The summed E-state index contributed by atoms with van der Waals surface area (Å²) < 4.78 is 5.08. The van der Waals surface area contributed by atoms with E-state index in [4.69, 9.17) is 10.5 Å². The molecule has 0 fully saturated rings. The van der Waals surface area contributed by atoms with Crippen LogP contribution in [0.4, 0.5) is 11.4 Å². The average Bonchev–Trinajstić information content (AvgIpc) is 2.40. The van der Waals surface area contributed by atoms with Crippen molar-refractivity contribution >= 4 is 17.3 Å². The number of aromatic nitrogens is 1. The zero-order valence-corrected chi connectivity index (χ0v) is 10.8. The molecule has 0 unspecified atom stereocenters. The number of methoxy groups -OCH3 is 1. The van der Waals surface area contributed by atoms with Crippen molar-refractivity contribution in [3.8, 4) is 5.75 Å². The van der Waals surface area contributed by atoms with Gasteiger partial charge in [0.15, 0.2) is 0 Å². The van der Waals surface area contributed by atoms with Crippen LogP contribution in [0.15, 0.2) is 36.5 Å². The summed E-state index contributed by atoms with van der Waals surface area (Å²) in [5.74, 6) is 0.295. The van der Waals surface area contributed by atoms with Crippen LogP contribution in [0.1, 0.15) is 16.1 Å². The molecule has 1 amide bonds. The lowest BCUT2D eigenvalue weighted by molar-refractivity contribution is 0.102. The van der Waals surface area contributed by atoms with Gasteiger partial charge in [0.05, 0.1) is 19.0 Å². The van der Waals surface area contributed by atoms with Gasteiger partial charge in [-0.1, -0.05) is 0 Å². The van der Waals surface area contributed by atoms with E-state index in [0.29, 0.717) is 22.7 Å². The molecule has 0 saturated heterocycles. The first-order chi connectivity index (χ1) is 9.08. The highest BCUT2D eigenvalue weighted by Gasteiger charge is 2.09. The zero-order chi connectivity index (χ0) is 13.8. The molecule has 0 aliphatic rings. The number of carbonyl (C=O) groups excluding carboxylic acids is 1. The number of benzene rings is 1. The number of ether oxygens (including phenoxy) is 1. The number of amides is 1. The Hall–Kier alpha value is -2.56. The van der Waals surface area contributed by atoms with Gasteiger partial charge in [-0.2, -0.15) is 0 Å². The molecule has 19 heavy (non-hydrogen) atoms. The van der Waals surface area contributed by atoms with E-state index in [1.807, 2.05) is 13.0 Å². The second-order valence-corrected chi connectivity index (χ2v) is 4.14. The van der Waals surface area contributed by atoms with E-state index < -0.39 is 0 Å². The molecule has 1 aromatic heterocycles. The van der Waals surface area contributed by atoms with Crippen LogP contribution in [0.2, 0.25) is 0 Å². The van der Waals surface area contributed by atoms with Crippen molar-refractivity contribution in [1.82, 2.24) is 4.98 Å². The van der Waals surface area contributed by atoms with Crippen molar-refractivity contribution in [2.45, 2.75) is 6.92 Å². The largest absolute Gasteiger partial charge is 0.497 e. The second kappa shape index (κ2) is 5.39. The van der Waals surface area contributed by atoms with Crippen LogP contribution < -0.4 is 15.8 Å². The summed E-state index contributed by atoms with van der Waals surface area (Å²) in [6.45, 7) is 1.88. The summed E-state index contributed by atoms with van der Waals surface area (Å²) in [6.07, 6.45) is 1.61. The SMILES string of the molecule is COc1cc(N)cc(C(=O)Nc2ccc(C)nc2)c1. The minimum atomic E-state index is -0.253. The van der Waals surface area contributed by atoms with Gasteiger partial charge in [-0.05, 0) is 31.2 Å². The third-order valence-corrected chi connectivity index (χ3v) is 2.60. The Morgan fingerprint density at radius 2 is 2.11 bits per heavy atom. The molecule has 98 valence electrons. The predicted molar refractivity (Wildman–Crippen MR) is 74.3 cm³/mol. The molecular weight excluding hydrogens is 242 g/mol. The maximum absolute atomic E-state index is 12.1. The van der Waals surface area contributed by atoms with E-state index in [-0.39, 0.29) is 5.91 Å². The first-order valence-corrected chi connectivity index (χ1v) is 5.77. The fourth-order valence-corrected chi connectivity index (χ4v) is 1.62. The zero-order valence-electron chi connectivity index (χ0n) is 10.8. The second-order valence-electron chi connectivity index (χ2n) is 4.14. The molecule has 0 atom stereocenters. The molecule has 2 aromatic rings. The fourth-order valence-electron chi connectivity index (χ4n) is 1.62. The van der Waals surface area contributed by atoms with E-state index in [0.717, 1.165) is 5.69 Å². The number of hydrogen-bond acceptors (Lipinski definition) is 4. The van der Waals surface area contributed by atoms with Gasteiger partial charge < -0.3 is 15.8 Å². The van der Waals surface area contributed by atoms with Crippen molar-refractivity contribution in [2.24, 2.45) is 0 Å². The van der Waals surface area contributed by atoms with Gasteiger partial charge in [-0.15, -0.1) is 0 Å². The summed E-state index contributed by atoms with van der Waals surface area (Å²) in [7, 11) is 1.53. The Labute approximate surface area is 111 Å². The quantitative estimate of drug-likeness (QED) is 0.827. The smallest absolute Gasteiger partial charge is 0.255 e. The van der Waals surface area contributed by atoms with E-state index in [2.05, 4.69) is 10.3 Å². The maximum Gasteiger partial charge on any atom is 0.255 e. The normalized spacial score (nSPS) is 10.0. The Balaban J connectivity index is 2.20. The molecule has 0 saturated carbocycles. The van der Waals surface area contributed by atoms with Crippen LogP contribution in [0.5, 0.6) is 5.75 Å². The Kier molecular flexibility index (Phi) is 3.66. The minimum Gasteiger partial charge on any atom is -0.497 e. The van der Waals surface area contributed by atoms with Crippen molar-refractivity contribution in [2.75, 3.05) is 18.2 Å². The third kappa shape index (κ3) is 3.22. The summed E-state index contributed by atoms with van der Waals surface area (Å²) in [5, 5.41) is 2.75. The Morgan fingerprint density at radius 1 is 1.32 bits per heavy atom. The highest BCUT2D eigenvalue weighted by Crippen LogP contribution is 2.19. The number of nitrogen functional groups attached to an aromatic ring is 1. The molecule has 0 spiro atoms. The molecule has 1 aromatic carbocycles. The van der Waals surface area contributed by atoms with Gasteiger partial charge in [-0.3, -0.25) is 9.78 Å². The molecule has 0 bridgehead atoms. The number of carbonyl (C=O) groups is 1. The molecule has 2 rings (SSSR count). The van der Waals surface area contributed by atoms with Crippen LogP contribution in [0.25, 0.3) is 0 Å². The molecule has 1 heterocycles. The van der Waals surface area contributed by atoms with Gasteiger partial charge in [0, 0.05) is 23.0 Å². The highest BCUT2D eigenvalue weighted by molar-refractivity contribution is 6.05. The number of nitrogens with zero attached hydrogens (tertiary/aromatic N) is 1. The molecule has 0 aliphatic heterocycles. The van der Waals surface area contributed by atoms with Gasteiger partial charge in [0.25, 0.3) is 5.91 Å². The Bertz CT molecular complexity index is 594. The number of anilines is 2. The van der Waals surface area contributed by atoms with E-state index in [1.165, 1.54) is 7.11 Å². The molecule has 0 radical (unpaired) electrons. The first kappa shape index (κ1) is 12.9. The van der Waals surface area contributed by atoms with Crippen LogP contribution in [-0.2, 0) is 0 Å². The lowest BCUT2D eigenvalue weighted by Gasteiger charge is -2.08. The van der Waals surface area contributed by atoms with E-state index >= 15 is 0 Å². The molecular formula is C14H15N3O2. The topological polar surface area (TPSA) is 77.2 Å². The monoisotopic (exact) mass is 257 g/mol. The van der Waals surface area contributed by atoms with E-state index in [1.54, 1.807) is 30.5 Å². The van der Waals surface area contributed by atoms with Crippen LogP contribution in [0, 0.1) is 6.92 Å². The van der Waals surface area contributed by atoms with Crippen LogP contribution in [-0.4, -0.2) is 18.0 Å². The third-order valence-electron chi connectivity index (χ3n) is 2.60. The molecule has 5 heteroatoms. The number of aryl methyl sites for hydroxylation is 1. The van der Waals surface area contributed by atoms with Gasteiger partial charge in [0.2, 0.25) is 0 Å². The van der Waals surface area contributed by atoms with Crippen LogP contribution in [0.3, 0.4) is 0 Å². The summed E-state index contributed by atoms with van der Waals surface area (Å²) in [5.41, 5.74) is 8.16. The van der Waals surface area contributed by atoms with Gasteiger partial charge >= 0.3 is 0 Å². The number of rotatable bonds is 3. The average molecular weight is 257 g/mol. The first-order valence-electron chi connectivity index (χ1n) is 5.77. The summed E-state index contributed by atoms with van der Waals surface area (Å²) >= 11 is 0. The summed E-state index contributed by atoms with van der Waals surface area (Å²) in [4.78, 5) is 16.2. The number of nitrogens with one attached hydrogen (secondary N) is 1. The Morgan fingerprint density at radius 3 is 2.74 bits per heavy atom. The van der Waals surface area contributed by atoms with E-state index in [9.17, 15) is 4.79 Å². The van der Waals surface area contributed by atoms with Crippen molar-refractivity contribution in [1.29, 1.82) is 0 Å². The standard InChI is InChI=1S/C14H15N3O2/c1-9-3-4-12(8-16-9)17-14(18)10-5-11(15)7-13(6-10)19-2/h3-8H,15H2,1-2H3,(H,17,18). The number of hydrogen-bond donors (Lipinski definition) is 2. The van der Waals surface area contributed by atoms with Crippen molar-refractivity contribution in [3.05, 3.63) is 47.8 Å². The number of pyridine rings is 1. The molecule has 3 N–H and O–H groups in total. The maximum atomic E-state index is 12.1.